The number of hydrogen-bond acceptors (Lipinski definition) is 3. The van der Waals surface area contributed by atoms with E-state index in [0.717, 1.165) is 57.4 Å². The third kappa shape index (κ3) is 3.73. The quantitative estimate of drug-likeness (QED) is 0.858. The minimum atomic E-state index is -0.320. The SMILES string of the molecule is CC[C@H](C)[C@H](N)C(=O)N1CCC(C2CCOCC2)CC1. The average molecular weight is 282 g/mol. The lowest BCUT2D eigenvalue weighted by Crippen LogP contribution is -2.50. The van der Waals surface area contributed by atoms with Gasteiger partial charge in [-0.2, -0.15) is 0 Å². The van der Waals surface area contributed by atoms with Crippen LogP contribution in [0.1, 0.15) is 46.0 Å². The molecule has 0 radical (unpaired) electrons. The van der Waals surface area contributed by atoms with Gasteiger partial charge < -0.3 is 15.4 Å². The van der Waals surface area contributed by atoms with Crippen molar-refractivity contribution in [2.45, 2.75) is 52.0 Å². The highest BCUT2D eigenvalue weighted by atomic mass is 16.5. The van der Waals surface area contributed by atoms with Crippen LogP contribution in [-0.4, -0.2) is 43.2 Å². The first kappa shape index (κ1) is 15.8. The molecule has 2 saturated heterocycles. The van der Waals surface area contributed by atoms with Gasteiger partial charge in [0.1, 0.15) is 0 Å². The Balaban J connectivity index is 1.79. The molecule has 20 heavy (non-hydrogen) atoms. The summed E-state index contributed by atoms with van der Waals surface area (Å²) in [5.41, 5.74) is 6.07. The summed E-state index contributed by atoms with van der Waals surface area (Å²) in [5.74, 6) is 2.02. The minimum Gasteiger partial charge on any atom is -0.381 e. The minimum absolute atomic E-state index is 0.157. The molecule has 2 heterocycles. The zero-order valence-corrected chi connectivity index (χ0v) is 13.0. The molecule has 0 bridgehead atoms. The number of carbonyl (C=O) groups is 1. The lowest BCUT2D eigenvalue weighted by Gasteiger charge is -2.38. The third-order valence-corrected chi connectivity index (χ3v) is 5.33. The van der Waals surface area contributed by atoms with E-state index in [9.17, 15) is 4.79 Å². The third-order valence-electron chi connectivity index (χ3n) is 5.33. The molecule has 0 aromatic carbocycles. The number of piperidine rings is 1. The highest BCUT2D eigenvalue weighted by molar-refractivity contribution is 5.82. The Morgan fingerprint density at radius 2 is 1.75 bits per heavy atom. The van der Waals surface area contributed by atoms with Crippen LogP contribution in [0.4, 0.5) is 0 Å². The smallest absolute Gasteiger partial charge is 0.239 e. The Morgan fingerprint density at radius 1 is 1.20 bits per heavy atom. The van der Waals surface area contributed by atoms with Crippen molar-refractivity contribution in [3.63, 3.8) is 0 Å². The van der Waals surface area contributed by atoms with E-state index in [1.165, 1.54) is 12.8 Å². The van der Waals surface area contributed by atoms with E-state index in [2.05, 4.69) is 13.8 Å². The van der Waals surface area contributed by atoms with Gasteiger partial charge in [0.05, 0.1) is 6.04 Å². The maximum Gasteiger partial charge on any atom is 0.239 e. The van der Waals surface area contributed by atoms with Gasteiger partial charge in [-0.05, 0) is 43.4 Å². The molecule has 2 fully saturated rings. The highest BCUT2D eigenvalue weighted by Crippen LogP contribution is 2.32. The average Bonchev–Trinajstić information content (AvgIpc) is 2.53. The summed E-state index contributed by atoms with van der Waals surface area (Å²) >= 11 is 0. The Labute approximate surface area is 123 Å². The van der Waals surface area contributed by atoms with Crippen molar-refractivity contribution >= 4 is 5.91 Å². The number of carbonyl (C=O) groups excluding carboxylic acids is 1. The topological polar surface area (TPSA) is 55.6 Å². The number of rotatable bonds is 4. The standard InChI is InChI=1S/C16H30N2O2/c1-3-12(2)15(17)16(19)18-8-4-13(5-9-18)14-6-10-20-11-7-14/h12-15H,3-11,17H2,1-2H3/t12-,15-/m0/s1. The maximum atomic E-state index is 12.4. The first-order valence-corrected chi connectivity index (χ1v) is 8.25. The van der Waals surface area contributed by atoms with E-state index in [1.807, 2.05) is 4.90 Å². The Hall–Kier alpha value is -0.610. The lowest BCUT2D eigenvalue weighted by atomic mass is 9.80. The molecular formula is C16H30N2O2. The number of nitrogens with two attached hydrogens (primary N) is 1. The molecule has 2 aliphatic heterocycles. The molecule has 1 amide bonds. The second-order valence-corrected chi connectivity index (χ2v) is 6.52. The zero-order valence-electron chi connectivity index (χ0n) is 13.0. The van der Waals surface area contributed by atoms with Gasteiger partial charge in [-0.3, -0.25) is 4.79 Å². The van der Waals surface area contributed by atoms with E-state index in [1.54, 1.807) is 0 Å². The van der Waals surface area contributed by atoms with Gasteiger partial charge in [0.15, 0.2) is 0 Å². The van der Waals surface area contributed by atoms with Crippen LogP contribution in [-0.2, 0) is 9.53 Å². The first-order valence-electron chi connectivity index (χ1n) is 8.25. The van der Waals surface area contributed by atoms with Gasteiger partial charge in [0.25, 0.3) is 0 Å². The Kier molecular flexibility index (Phi) is 5.85. The van der Waals surface area contributed by atoms with Crippen molar-refractivity contribution in [2.24, 2.45) is 23.5 Å². The van der Waals surface area contributed by atoms with E-state index in [0.29, 0.717) is 0 Å². The van der Waals surface area contributed by atoms with Crippen molar-refractivity contribution < 1.29 is 9.53 Å². The number of hydrogen-bond donors (Lipinski definition) is 1. The monoisotopic (exact) mass is 282 g/mol. The molecule has 2 atom stereocenters. The van der Waals surface area contributed by atoms with Crippen LogP contribution in [0.2, 0.25) is 0 Å². The fourth-order valence-corrected chi connectivity index (χ4v) is 3.49. The van der Waals surface area contributed by atoms with Crippen molar-refractivity contribution in [1.82, 2.24) is 4.90 Å². The van der Waals surface area contributed by atoms with Gasteiger partial charge in [-0.1, -0.05) is 20.3 Å². The van der Waals surface area contributed by atoms with Crippen LogP contribution in [0.15, 0.2) is 0 Å². The van der Waals surface area contributed by atoms with Crippen LogP contribution in [0.3, 0.4) is 0 Å². The van der Waals surface area contributed by atoms with Gasteiger partial charge in [0, 0.05) is 26.3 Å². The molecule has 0 aromatic heterocycles. The zero-order chi connectivity index (χ0) is 14.5. The molecule has 0 spiro atoms. The molecule has 4 heteroatoms. The predicted molar refractivity (Wildman–Crippen MR) is 80.3 cm³/mol. The predicted octanol–water partition coefficient (Wildman–Crippen LogP) is 2.02. The van der Waals surface area contributed by atoms with Crippen molar-refractivity contribution in [3.05, 3.63) is 0 Å². The van der Waals surface area contributed by atoms with Gasteiger partial charge in [0.2, 0.25) is 5.91 Å². The normalized spacial score (nSPS) is 25.4. The number of likely N-dealkylation sites (tertiary alicyclic amines) is 1. The van der Waals surface area contributed by atoms with E-state index in [-0.39, 0.29) is 17.9 Å². The largest absolute Gasteiger partial charge is 0.381 e. The van der Waals surface area contributed by atoms with Crippen LogP contribution >= 0.6 is 0 Å². The molecule has 0 aliphatic carbocycles. The second-order valence-electron chi connectivity index (χ2n) is 6.52. The van der Waals surface area contributed by atoms with Crippen LogP contribution in [0, 0.1) is 17.8 Å². The number of amides is 1. The van der Waals surface area contributed by atoms with E-state index >= 15 is 0 Å². The fourth-order valence-electron chi connectivity index (χ4n) is 3.49. The molecule has 116 valence electrons. The molecule has 2 rings (SSSR count). The van der Waals surface area contributed by atoms with Crippen molar-refractivity contribution in [3.8, 4) is 0 Å². The van der Waals surface area contributed by atoms with Gasteiger partial charge in [-0.25, -0.2) is 0 Å². The summed E-state index contributed by atoms with van der Waals surface area (Å²) < 4.78 is 5.44. The fraction of sp³-hybridized carbons (Fsp3) is 0.938. The van der Waals surface area contributed by atoms with E-state index in [4.69, 9.17) is 10.5 Å². The molecule has 0 unspecified atom stereocenters. The van der Waals surface area contributed by atoms with Gasteiger partial charge >= 0.3 is 0 Å². The van der Waals surface area contributed by atoms with Crippen LogP contribution in [0.5, 0.6) is 0 Å². The summed E-state index contributed by atoms with van der Waals surface area (Å²) in [6, 6.07) is -0.320. The van der Waals surface area contributed by atoms with Crippen molar-refractivity contribution in [2.75, 3.05) is 26.3 Å². The molecule has 2 aliphatic rings. The molecular weight excluding hydrogens is 252 g/mol. The van der Waals surface area contributed by atoms with Crippen molar-refractivity contribution in [1.29, 1.82) is 0 Å². The van der Waals surface area contributed by atoms with Crippen LogP contribution in [0.25, 0.3) is 0 Å². The highest BCUT2D eigenvalue weighted by Gasteiger charge is 2.32. The Bertz CT molecular complexity index is 308. The Morgan fingerprint density at radius 3 is 2.30 bits per heavy atom. The van der Waals surface area contributed by atoms with Crippen LogP contribution < -0.4 is 5.73 Å². The maximum absolute atomic E-state index is 12.4. The molecule has 0 aromatic rings. The first-order chi connectivity index (χ1) is 9.63. The molecule has 2 N–H and O–H groups in total. The summed E-state index contributed by atoms with van der Waals surface area (Å²) in [6.07, 6.45) is 5.65. The summed E-state index contributed by atoms with van der Waals surface area (Å²) in [5, 5.41) is 0. The lowest BCUT2D eigenvalue weighted by molar-refractivity contribution is -0.135. The number of ether oxygens (including phenoxy) is 1. The number of nitrogens with zero attached hydrogens (tertiary/aromatic N) is 1. The molecule has 4 nitrogen and oxygen atoms in total. The summed E-state index contributed by atoms with van der Waals surface area (Å²) in [4.78, 5) is 14.4. The molecule has 0 saturated carbocycles. The summed E-state index contributed by atoms with van der Waals surface area (Å²) in [6.45, 7) is 7.79. The van der Waals surface area contributed by atoms with E-state index < -0.39 is 0 Å². The second kappa shape index (κ2) is 7.41. The summed E-state index contributed by atoms with van der Waals surface area (Å²) in [7, 11) is 0. The van der Waals surface area contributed by atoms with Gasteiger partial charge in [-0.15, -0.1) is 0 Å².